The van der Waals surface area contributed by atoms with Gasteiger partial charge in [0, 0.05) is 45.5 Å². The fraction of sp³-hybridized carbons (Fsp3) is 0.462. The number of nitrogens with zero attached hydrogens (tertiary/aromatic N) is 5. The predicted molar refractivity (Wildman–Crippen MR) is 145 cm³/mol. The normalized spacial score (nSPS) is 16.5. The summed E-state index contributed by atoms with van der Waals surface area (Å²) in [5.41, 5.74) is 0.0575. The zero-order chi connectivity index (χ0) is 27.5. The van der Waals surface area contributed by atoms with Gasteiger partial charge in [-0.2, -0.15) is 0 Å². The molecule has 0 radical (unpaired) electrons. The van der Waals surface area contributed by atoms with E-state index in [-0.39, 0.29) is 24.8 Å². The van der Waals surface area contributed by atoms with Crippen LogP contribution in [-0.4, -0.2) is 80.1 Å². The van der Waals surface area contributed by atoms with Crippen LogP contribution in [0.1, 0.15) is 41.0 Å². The van der Waals surface area contributed by atoms with Gasteiger partial charge in [0.1, 0.15) is 6.54 Å². The Morgan fingerprint density at radius 1 is 1.05 bits per heavy atom. The first-order valence-corrected chi connectivity index (χ1v) is 13.7. The van der Waals surface area contributed by atoms with Gasteiger partial charge in [0.2, 0.25) is 17.4 Å². The van der Waals surface area contributed by atoms with Crippen molar-refractivity contribution in [3.63, 3.8) is 0 Å². The van der Waals surface area contributed by atoms with Crippen molar-refractivity contribution in [1.82, 2.24) is 29.1 Å². The van der Waals surface area contributed by atoms with Crippen LogP contribution in [0.5, 0.6) is 5.75 Å². The molecule has 0 saturated carbocycles. The van der Waals surface area contributed by atoms with Gasteiger partial charge in [-0.25, -0.2) is 9.38 Å². The highest BCUT2D eigenvalue weighted by Gasteiger charge is 2.25. The van der Waals surface area contributed by atoms with E-state index in [1.807, 2.05) is 4.90 Å². The van der Waals surface area contributed by atoms with Crippen LogP contribution in [0.4, 0.5) is 0 Å². The molecule has 13 heteroatoms. The Balaban J connectivity index is 1.47. The lowest BCUT2D eigenvalue weighted by Crippen LogP contribution is -2.37. The number of rotatable bonds is 7. The number of piperidine rings is 1. The zero-order valence-electron chi connectivity index (χ0n) is 21.4. The van der Waals surface area contributed by atoms with Crippen LogP contribution in [0, 0.1) is 0 Å². The number of imidazole rings is 1. The monoisotopic (exact) mass is 576 g/mol. The van der Waals surface area contributed by atoms with Gasteiger partial charge < -0.3 is 24.6 Å². The largest absolute Gasteiger partial charge is 0.501 e. The van der Waals surface area contributed by atoms with E-state index in [4.69, 9.17) is 27.9 Å². The smallest absolute Gasteiger partial charge is 0.302 e. The molecular weight excluding hydrogens is 547 g/mol. The van der Waals surface area contributed by atoms with Crippen molar-refractivity contribution in [1.29, 1.82) is 0 Å². The molecule has 0 atom stereocenters. The molecule has 3 aromatic rings. The summed E-state index contributed by atoms with van der Waals surface area (Å²) in [5, 5.41) is 14.1. The molecule has 0 aliphatic carbocycles. The number of amides is 2. The average molecular weight is 577 g/mol. The highest BCUT2D eigenvalue weighted by atomic mass is 35.5. The summed E-state index contributed by atoms with van der Waals surface area (Å²) in [6.45, 7) is 4.34. The number of morpholine rings is 1. The van der Waals surface area contributed by atoms with Crippen molar-refractivity contribution in [2.45, 2.75) is 38.9 Å². The summed E-state index contributed by atoms with van der Waals surface area (Å²) in [7, 11) is 0. The lowest BCUT2D eigenvalue weighted by atomic mass is 10.1. The molecule has 5 rings (SSSR count). The number of aromatic nitrogens is 3. The molecule has 0 bridgehead atoms. The maximum absolute atomic E-state index is 13.4. The quantitative estimate of drug-likeness (QED) is 0.442. The third-order valence-electron chi connectivity index (χ3n) is 7.05. The third-order valence-corrected chi connectivity index (χ3v) is 7.79. The number of fused-ring (bicyclic) bond motifs is 1. The standard InChI is InChI=1S/C26H30Cl2N6O5/c27-19-5-4-17(12-20(19)28)13-29-24(37)22-23(36)25(38)34-18(14-31-8-10-39-11-9-31)15-33(26(34)30-22)16-21(35)32-6-2-1-3-7-32/h4-5,12,15,36H,1-3,6-11,13-14,16H2,(H,29,37). The van der Waals surface area contributed by atoms with E-state index in [2.05, 4.69) is 15.2 Å². The summed E-state index contributed by atoms with van der Waals surface area (Å²) in [4.78, 5) is 47.9. The van der Waals surface area contributed by atoms with Crippen LogP contribution >= 0.6 is 23.2 Å². The van der Waals surface area contributed by atoms with Crippen LogP contribution in [0.25, 0.3) is 5.78 Å². The Kier molecular flexibility index (Phi) is 8.41. The first kappa shape index (κ1) is 27.4. The van der Waals surface area contributed by atoms with E-state index in [0.717, 1.165) is 19.3 Å². The number of carbonyl (C=O) groups excluding carboxylic acids is 2. The molecular formula is C26H30Cl2N6O5. The fourth-order valence-corrected chi connectivity index (χ4v) is 5.25. The van der Waals surface area contributed by atoms with Gasteiger partial charge >= 0.3 is 5.56 Å². The number of likely N-dealkylation sites (tertiary alicyclic amines) is 1. The molecule has 39 heavy (non-hydrogen) atoms. The van der Waals surface area contributed by atoms with E-state index in [1.54, 1.807) is 29.0 Å². The van der Waals surface area contributed by atoms with Crippen molar-refractivity contribution >= 4 is 40.8 Å². The summed E-state index contributed by atoms with van der Waals surface area (Å²) in [6.07, 6.45) is 4.71. The molecule has 0 unspecified atom stereocenters. The molecule has 2 amide bonds. The third kappa shape index (κ3) is 6.06. The molecule has 2 aliphatic rings. The molecule has 11 nitrogen and oxygen atoms in total. The number of benzene rings is 1. The minimum Gasteiger partial charge on any atom is -0.501 e. The van der Waals surface area contributed by atoms with Gasteiger partial charge in [-0.1, -0.05) is 29.3 Å². The van der Waals surface area contributed by atoms with Gasteiger partial charge in [-0.05, 0) is 37.0 Å². The maximum Gasteiger partial charge on any atom is 0.302 e. The van der Waals surface area contributed by atoms with Crippen LogP contribution in [0.15, 0.2) is 29.2 Å². The Bertz CT molecular complexity index is 1440. The number of ether oxygens (including phenoxy) is 1. The topological polar surface area (TPSA) is 121 Å². The van der Waals surface area contributed by atoms with Gasteiger partial charge in [0.15, 0.2) is 5.69 Å². The van der Waals surface area contributed by atoms with Gasteiger partial charge in [-0.15, -0.1) is 0 Å². The van der Waals surface area contributed by atoms with Crippen molar-refractivity contribution in [2.24, 2.45) is 0 Å². The molecule has 208 valence electrons. The Labute approximate surface area is 234 Å². The van der Waals surface area contributed by atoms with Crippen molar-refractivity contribution in [3.8, 4) is 5.75 Å². The average Bonchev–Trinajstić information content (AvgIpc) is 3.28. The van der Waals surface area contributed by atoms with Crippen LogP contribution in [0.2, 0.25) is 10.0 Å². The Morgan fingerprint density at radius 2 is 1.79 bits per heavy atom. The minimum absolute atomic E-state index is 0.0336. The molecule has 1 aromatic carbocycles. The van der Waals surface area contributed by atoms with E-state index in [9.17, 15) is 19.5 Å². The number of hydrogen-bond donors (Lipinski definition) is 2. The van der Waals surface area contributed by atoms with E-state index in [0.29, 0.717) is 67.2 Å². The molecule has 0 spiro atoms. The lowest BCUT2D eigenvalue weighted by molar-refractivity contribution is -0.132. The zero-order valence-corrected chi connectivity index (χ0v) is 22.9. The van der Waals surface area contributed by atoms with Crippen molar-refractivity contribution in [2.75, 3.05) is 39.4 Å². The molecule has 2 fully saturated rings. The summed E-state index contributed by atoms with van der Waals surface area (Å²) < 4.78 is 8.29. The van der Waals surface area contributed by atoms with Crippen LogP contribution in [-0.2, 0) is 29.2 Å². The Morgan fingerprint density at radius 3 is 2.51 bits per heavy atom. The Hall–Kier alpha value is -3.12. The minimum atomic E-state index is -0.771. The summed E-state index contributed by atoms with van der Waals surface area (Å²) in [5.74, 6) is -1.46. The van der Waals surface area contributed by atoms with E-state index >= 15 is 0 Å². The first-order valence-electron chi connectivity index (χ1n) is 13.0. The number of halogens is 2. The lowest BCUT2D eigenvalue weighted by Gasteiger charge is -2.26. The highest BCUT2D eigenvalue weighted by molar-refractivity contribution is 6.42. The van der Waals surface area contributed by atoms with Crippen LogP contribution < -0.4 is 10.9 Å². The molecule has 2 aliphatic heterocycles. The van der Waals surface area contributed by atoms with Gasteiger partial charge in [0.25, 0.3) is 5.91 Å². The molecule has 2 aromatic heterocycles. The first-order chi connectivity index (χ1) is 18.8. The highest BCUT2D eigenvalue weighted by Crippen LogP contribution is 2.23. The molecule has 2 saturated heterocycles. The maximum atomic E-state index is 13.4. The SMILES string of the molecule is O=C(NCc1ccc(Cl)c(Cl)c1)c1nc2n(CC(=O)N3CCCCC3)cc(CN3CCOCC3)n2c(=O)c1O. The number of nitrogens with one attached hydrogen (secondary N) is 1. The summed E-state index contributed by atoms with van der Waals surface area (Å²) >= 11 is 12.0. The second kappa shape index (κ2) is 12.0. The predicted octanol–water partition coefficient (Wildman–Crippen LogP) is 2.28. The second-order valence-corrected chi connectivity index (χ2v) is 10.6. The second-order valence-electron chi connectivity index (χ2n) is 9.76. The van der Waals surface area contributed by atoms with Crippen molar-refractivity contribution < 1.29 is 19.4 Å². The summed E-state index contributed by atoms with van der Waals surface area (Å²) in [6, 6.07) is 4.93. The van der Waals surface area contributed by atoms with Crippen molar-refractivity contribution in [3.05, 3.63) is 61.7 Å². The van der Waals surface area contributed by atoms with Crippen LogP contribution in [0.3, 0.4) is 0 Å². The molecule has 2 N–H and O–H groups in total. The van der Waals surface area contributed by atoms with Gasteiger partial charge in [-0.3, -0.25) is 19.3 Å². The number of hydrogen-bond acceptors (Lipinski definition) is 7. The fourth-order valence-electron chi connectivity index (χ4n) is 4.93. The number of aromatic hydroxyl groups is 1. The van der Waals surface area contributed by atoms with E-state index in [1.165, 1.54) is 4.40 Å². The van der Waals surface area contributed by atoms with Gasteiger partial charge in [0.05, 0.1) is 29.0 Å². The number of carbonyl (C=O) groups is 2. The molecule has 4 heterocycles. The van der Waals surface area contributed by atoms with E-state index < -0.39 is 22.9 Å².